The van der Waals surface area contributed by atoms with Gasteiger partial charge in [0.05, 0.1) is 8.07 Å². The molecule has 1 heterocycles. The summed E-state index contributed by atoms with van der Waals surface area (Å²) >= 11 is 3.46. The van der Waals surface area contributed by atoms with Gasteiger partial charge in [-0.15, -0.1) is 0 Å². The molecule has 0 saturated carbocycles. The summed E-state index contributed by atoms with van der Waals surface area (Å²) in [6.07, 6.45) is 2.03. The number of aromatic nitrogens is 1. The van der Waals surface area contributed by atoms with Crippen molar-refractivity contribution in [2.24, 2.45) is 0 Å². The van der Waals surface area contributed by atoms with Gasteiger partial charge in [-0.2, -0.15) is 0 Å². The molecule has 0 aliphatic heterocycles. The maximum atomic E-state index is 4.38. The van der Waals surface area contributed by atoms with Gasteiger partial charge in [0.15, 0.2) is 0 Å². The van der Waals surface area contributed by atoms with E-state index in [0.717, 1.165) is 4.60 Å². The molecule has 0 N–H and O–H groups in total. The minimum atomic E-state index is -1.37. The van der Waals surface area contributed by atoms with Crippen molar-refractivity contribution in [1.29, 1.82) is 0 Å². The first-order valence-corrected chi connectivity index (χ1v) is 9.99. The molecule has 17 heavy (non-hydrogen) atoms. The van der Waals surface area contributed by atoms with Crippen LogP contribution in [0.2, 0.25) is 19.6 Å². The molecule has 3 heteroatoms. The normalized spacial score (nSPS) is 11.5. The summed E-state index contributed by atoms with van der Waals surface area (Å²) in [5, 5.41) is 1.41. The monoisotopic (exact) mass is 305 g/mol. The van der Waals surface area contributed by atoms with Crippen LogP contribution in [0, 0.1) is 0 Å². The molecule has 0 unspecified atom stereocenters. The fraction of sp³-hybridized carbons (Fsp3) is 0.214. The van der Waals surface area contributed by atoms with E-state index in [9.17, 15) is 0 Å². The Balaban J connectivity index is 2.64. The smallest absolute Gasteiger partial charge is 0.106 e. The standard InChI is InChI=1S/C14H16BrNSi/c1-17(2,3)13-10-16-14(15)9-12(13)11-7-5-4-6-8-11/h4-10H,1-3H3. The average Bonchev–Trinajstić information content (AvgIpc) is 2.28. The molecule has 0 fully saturated rings. The number of benzene rings is 1. The lowest BCUT2D eigenvalue weighted by molar-refractivity contribution is 1.29. The number of nitrogens with zero attached hydrogens (tertiary/aromatic N) is 1. The van der Waals surface area contributed by atoms with Crippen molar-refractivity contribution in [2.45, 2.75) is 19.6 Å². The van der Waals surface area contributed by atoms with E-state index in [-0.39, 0.29) is 0 Å². The summed E-state index contributed by atoms with van der Waals surface area (Å²) in [4.78, 5) is 4.38. The molecule has 1 nitrogen and oxygen atoms in total. The van der Waals surface area contributed by atoms with Crippen LogP contribution in [0.4, 0.5) is 0 Å². The van der Waals surface area contributed by atoms with E-state index in [1.807, 2.05) is 12.3 Å². The highest BCUT2D eigenvalue weighted by molar-refractivity contribution is 9.10. The largest absolute Gasteiger partial charge is 0.249 e. The number of halogens is 1. The van der Waals surface area contributed by atoms with Gasteiger partial charge in [0, 0.05) is 6.20 Å². The van der Waals surface area contributed by atoms with Crippen LogP contribution in [0.1, 0.15) is 0 Å². The quantitative estimate of drug-likeness (QED) is 0.602. The number of hydrogen-bond donors (Lipinski definition) is 0. The molecule has 0 saturated heterocycles. The molecule has 0 radical (unpaired) electrons. The van der Waals surface area contributed by atoms with Crippen molar-refractivity contribution < 1.29 is 0 Å². The first-order chi connectivity index (χ1) is 7.98. The van der Waals surface area contributed by atoms with Crippen LogP contribution in [0.3, 0.4) is 0 Å². The first kappa shape index (κ1) is 12.5. The number of rotatable bonds is 2. The van der Waals surface area contributed by atoms with Gasteiger partial charge in [-0.3, -0.25) is 0 Å². The van der Waals surface area contributed by atoms with Crippen molar-refractivity contribution in [2.75, 3.05) is 0 Å². The second-order valence-electron chi connectivity index (χ2n) is 5.17. The van der Waals surface area contributed by atoms with E-state index in [1.165, 1.54) is 16.3 Å². The Kier molecular flexibility index (Phi) is 3.49. The fourth-order valence-electron chi connectivity index (χ4n) is 1.88. The number of hydrogen-bond acceptors (Lipinski definition) is 1. The summed E-state index contributed by atoms with van der Waals surface area (Å²) in [7, 11) is -1.37. The molecule has 2 aromatic rings. The van der Waals surface area contributed by atoms with Crippen molar-refractivity contribution in [1.82, 2.24) is 4.98 Å². The van der Waals surface area contributed by atoms with Crippen LogP contribution in [0.5, 0.6) is 0 Å². The van der Waals surface area contributed by atoms with E-state index in [2.05, 4.69) is 70.9 Å². The maximum absolute atomic E-state index is 4.38. The van der Waals surface area contributed by atoms with Crippen LogP contribution in [-0.2, 0) is 0 Å². The molecule has 0 bridgehead atoms. The van der Waals surface area contributed by atoms with Gasteiger partial charge >= 0.3 is 0 Å². The third-order valence-corrected chi connectivity index (χ3v) is 5.21. The summed E-state index contributed by atoms with van der Waals surface area (Å²) in [6.45, 7) is 7.05. The minimum Gasteiger partial charge on any atom is -0.249 e. The van der Waals surface area contributed by atoms with Gasteiger partial charge in [-0.05, 0) is 38.3 Å². The zero-order valence-electron chi connectivity index (χ0n) is 10.4. The van der Waals surface area contributed by atoms with Crippen molar-refractivity contribution in [3.8, 4) is 11.1 Å². The second-order valence-corrected chi connectivity index (χ2v) is 11.0. The molecule has 0 spiro atoms. The topological polar surface area (TPSA) is 12.9 Å². The van der Waals surface area contributed by atoms with Crippen molar-refractivity contribution in [3.05, 3.63) is 47.2 Å². The SMILES string of the molecule is C[Si](C)(C)c1cnc(Br)cc1-c1ccccc1. The summed E-state index contributed by atoms with van der Waals surface area (Å²) < 4.78 is 0.901. The average molecular weight is 306 g/mol. The summed E-state index contributed by atoms with van der Waals surface area (Å²) in [5.74, 6) is 0. The Morgan fingerprint density at radius 2 is 1.71 bits per heavy atom. The molecule has 0 aliphatic carbocycles. The van der Waals surface area contributed by atoms with Gasteiger partial charge in [-0.25, -0.2) is 4.98 Å². The zero-order chi connectivity index (χ0) is 12.5. The highest BCUT2D eigenvalue weighted by Crippen LogP contribution is 2.22. The first-order valence-electron chi connectivity index (χ1n) is 5.70. The maximum Gasteiger partial charge on any atom is 0.106 e. The van der Waals surface area contributed by atoms with Crippen molar-refractivity contribution >= 4 is 29.2 Å². The van der Waals surface area contributed by atoms with Gasteiger partial charge < -0.3 is 0 Å². The van der Waals surface area contributed by atoms with E-state index in [0.29, 0.717) is 0 Å². The molecule has 0 amide bonds. The molecular weight excluding hydrogens is 290 g/mol. The third-order valence-electron chi connectivity index (χ3n) is 2.76. The highest BCUT2D eigenvalue weighted by atomic mass is 79.9. The summed E-state index contributed by atoms with van der Waals surface area (Å²) in [6, 6.07) is 12.7. The van der Waals surface area contributed by atoms with Gasteiger partial charge in [0.2, 0.25) is 0 Å². The second kappa shape index (κ2) is 4.74. The van der Waals surface area contributed by atoms with Crippen LogP contribution >= 0.6 is 15.9 Å². The third kappa shape index (κ3) is 2.85. The Morgan fingerprint density at radius 1 is 1.06 bits per heavy atom. The Bertz CT molecular complexity index is 517. The molecule has 1 aromatic carbocycles. The molecule has 2 rings (SSSR count). The molecular formula is C14H16BrNSi. The lowest BCUT2D eigenvalue weighted by atomic mass is 10.1. The fourth-order valence-corrected chi connectivity index (χ4v) is 3.69. The molecule has 0 aliphatic rings. The van der Waals surface area contributed by atoms with Crippen LogP contribution in [0.25, 0.3) is 11.1 Å². The van der Waals surface area contributed by atoms with Crippen LogP contribution < -0.4 is 5.19 Å². The lowest BCUT2D eigenvalue weighted by Crippen LogP contribution is -2.39. The van der Waals surface area contributed by atoms with E-state index >= 15 is 0 Å². The Morgan fingerprint density at radius 3 is 2.29 bits per heavy atom. The predicted octanol–water partition coefficient (Wildman–Crippen LogP) is 4.06. The van der Waals surface area contributed by atoms with Gasteiger partial charge in [-0.1, -0.05) is 50.0 Å². The Labute approximate surface area is 112 Å². The number of pyridine rings is 1. The molecule has 88 valence electrons. The summed E-state index contributed by atoms with van der Waals surface area (Å²) in [5.41, 5.74) is 2.58. The van der Waals surface area contributed by atoms with Gasteiger partial charge in [0.1, 0.15) is 4.60 Å². The molecule has 0 atom stereocenters. The van der Waals surface area contributed by atoms with E-state index in [4.69, 9.17) is 0 Å². The van der Waals surface area contributed by atoms with Crippen LogP contribution in [-0.4, -0.2) is 13.1 Å². The lowest BCUT2D eigenvalue weighted by Gasteiger charge is -2.20. The Hall–Kier alpha value is -0.933. The zero-order valence-corrected chi connectivity index (χ0v) is 13.0. The van der Waals surface area contributed by atoms with E-state index in [1.54, 1.807) is 0 Å². The minimum absolute atomic E-state index is 0.901. The van der Waals surface area contributed by atoms with Gasteiger partial charge in [0.25, 0.3) is 0 Å². The molecule has 1 aromatic heterocycles. The van der Waals surface area contributed by atoms with Crippen LogP contribution in [0.15, 0.2) is 47.2 Å². The predicted molar refractivity (Wildman–Crippen MR) is 80.4 cm³/mol. The highest BCUT2D eigenvalue weighted by Gasteiger charge is 2.21. The van der Waals surface area contributed by atoms with E-state index < -0.39 is 8.07 Å². The van der Waals surface area contributed by atoms with Crippen molar-refractivity contribution in [3.63, 3.8) is 0 Å².